The molecule has 0 atom stereocenters. The van der Waals surface area contributed by atoms with Crippen LogP contribution < -0.4 is 0 Å². The van der Waals surface area contributed by atoms with Crippen LogP contribution in [0.3, 0.4) is 0 Å². The van der Waals surface area contributed by atoms with Crippen molar-refractivity contribution in [3.05, 3.63) is 34.9 Å². The van der Waals surface area contributed by atoms with Gasteiger partial charge in [-0.2, -0.15) is 5.26 Å². The van der Waals surface area contributed by atoms with Gasteiger partial charge in [-0.25, -0.2) is 0 Å². The minimum absolute atomic E-state index is 0.121. The Morgan fingerprint density at radius 3 is 2.50 bits per heavy atom. The molecular formula is C13H13NO2. The number of hydrogen-bond acceptors (Lipinski definition) is 3. The van der Waals surface area contributed by atoms with Gasteiger partial charge in [0.1, 0.15) is 0 Å². The molecule has 0 aromatic heterocycles. The van der Waals surface area contributed by atoms with Crippen LogP contribution in [0.25, 0.3) is 0 Å². The van der Waals surface area contributed by atoms with Gasteiger partial charge in [0.15, 0.2) is 11.2 Å². The van der Waals surface area contributed by atoms with Gasteiger partial charge in [0.05, 0.1) is 19.3 Å². The van der Waals surface area contributed by atoms with Crippen molar-refractivity contribution in [2.24, 2.45) is 5.41 Å². The Morgan fingerprint density at radius 2 is 2.06 bits per heavy atom. The lowest BCUT2D eigenvalue weighted by Crippen LogP contribution is -2.47. The van der Waals surface area contributed by atoms with Crippen LogP contribution >= 0.6 is 0 Å². The summed E-state index contributed by atoms with van der Waals surface area (Å²) < 4.78 is 4.98. The van der Waals surface area contributed by atoms with E-state index in [1.807, 2.05) is 26.0 Å². The van der Waals surface area contributed by atoms with Crippen molar-refractivity contribution in [3.8, 4) is 6.07 Å². The van der Waals surface area contributed by atoms with E-state index < -0.39 is 5.41 Å². The highest BCUT2D eigenvalue weighted by molar-refractivity contribution is 6.03. The third-order valence-electron chi connectivity index (χ3n) is 3.11. The van der Waals surface area contributed by atoms with Crippen LogP contribution in [-0.2, 0) is 4.74 Å². The molecule has 1 aromatic carbocycles. The molecule has 1 aromatic rings. The van der Waals surface area contributed by atoms with Crippen LogP contribution in [0.4, 0.5) is 0 Å². The summed E-state index contributed by atoms with van der Waals surface area (Å²) >= 11 is 0. The smallest absolute Gasteiger partial charge is 0.187 e. The number of nitrogens with zero attached hydrogens (tertiary/aromatic N) is 1. The SMILES string of the molecule is Cc1ccc(C(=O)C2(C#N)COC2)cc1C. The van der Waals surface area contributed by atoms with Crippen LogP contribution in [0.15, 0.2) is 18.2 Å². The van der Waals surface area contributed by atoms with Crippen molar-refractivity contribution >= 4 is 5.78 Å². The monoisotopic (exact) mass is 215 g/mol. The predicted molar refractivity (Wildman–Crippen MR) is 59.1 cm³/mol. The molecule has 3 nitrogen and oxygen atoms in total. The molecule has 0 radical (unpaired) electrons. The first-order valence-corrected chi connectivity index (χ1v) is 5.20. The molecule has 1 heterocycles. The van der Waals surface area contributed by atoms with Crippen molar-refractivity contribution in [3.63, 3.8) is 0 Å². The van der Waals surface area contributed by atoms with E-state index in [1.165, 1.54) is 0 Å². The van der Waals surface area contributed by atoms with E-state index in [1.54, 1.807) is 6.07 Å². The third kappa shape index (κ3) is 1.52. The minimum atomic E-state index is -0.943. The molecule has 3 heteroatoms. The van der Waals surface area contributed by atoms with Gasteiger partial charge in [-0.15, -0.1) is 0 Å². The van der Waals surface area contributed by atoms with Crippen molar-refractivity contribution in [2.45, 2.75) is 13.8 Å². The molecule has 0 N–H and O–H groups in total. The first kappa shape index (κ1) is 10.8. The van der Waals surface area contributed by atoms with Gasteiger partial charge in [0.25, 0.3) is 0 Å². The Morgan fingerprint density at radius 1 is 1.38 bits per heavy atom. The first-order chi connectivity index (χ1) is 7.59. The van der Waals surface area contributed by atoms with Crippen LogP contribution in [0, 0.1) is 30.6 Å². The summed E-state index contributed by atoms with van der Waals surface area (Å²) in [5, 5.41) is 9.04. The number of hydrogen-bond donors (Lipinski definition) is 0. The van der Waals surface area contributed by atoms with E-state index in [2.05, 4.69) is 6.07 Å². The Kier molecular flexibility index (Phi) is 2.53. The lowest BCUT2D eigenvalue weighted by molar-refractivity contribution is -0.0566. The van der Waals surface area contributed by atoms with Crippen LogP contribution in [0.2, 0.25) is 0 Å². The van der Waals surface area contributed by atoms with Crippen molar-refractivity contribution in [1.29, 1.82) is 5.26 Å². The van der Waals surface area contributed by atoms with Gasteiger partial charge in [-0.3, -0.25) is 4.79 Å². The second kappa shape index (κ2) is 3.73. The van der Waals surface area contributed by atoms with E-state index in [9.17, 15) is 4.79 Å². The molecule has 0 unspecified atom stereocenters. The molecular weight excluding hydrogens is 202 g/mol. The maximum atomic E-state index is 12.1. The molecule has 2 rings (SSSR count). The number of rotatable bonds is 2. The Labute approximate surface area is 94.6 Å². The summed E-state index contributed by atoms with van der Waals surface area (Å²) in [5.41, 5.74) is 1.88. The van der Waals surface area contributed by atoms with Crippen molar-refractivity contribution in [1.82, 2.24) is 0 Å². The molecule has 0 aliphatic carbocycles. The third-order valence-corrected chi connectivity index (χ3v) is 3.11. The number of carbonyl (C=O) groups is 1. The maximum Gasteiger partial charge on any atom is 0.187 e. The number of aryl methyl sites for hydroxylation is 2. The molecule has 0 amide bonds. The van der Waals surface area contributed by atoms with Gasteiger partial charge < -0.3 is 4.74 Å². The number of ether oxygens (including phenoxy) is 1. The normalized spacial score (nSPS) is 17.3. The molecule has 1 saturated heterocycles. The molecule has 1 aliphatic heterocycles. The van der Waals surface area contributed by atoms with E-state index in [-0.39, 0.29) is 19.0 Å². The first-order valence-electron chi connectivity index (χ1n) is 5.20. The molecule has 1 fully saturated rings. The van der Waals surface area contributed by atoms with Crippen molar-refractivity contribution < 1.29 is 9.53 Å². The lowest BCUT2D eigenvalue weighted by atomic mass is 9.79. The lowest BCUT2D eigenvalue weighted by Gasteiger charge is -2.33. The van der Waals surface area contributed by atoms with Gasteiger partial charge in [0, 0.05) is 5.56 Å². The highest BCUT2D eigenvalue weighted by Gasteiger charge is 2.46. The summed E-state index contributed by atoms with van der Waals surface area (Å²) in [6, 6.07) is 7.60. The number of ketones is 1. The second-order valence-corrected chi connectivity index (χ2v) is 4.31. The standard InChI is InChI=1S/C13H13NO2/c1-9-3-4-11(5-10(9)2)12(15)13(6-14)7-16-8-13/h3-5H,7-8H2,1-2H3. The zero-order valence-corrected chi connectivity index (χ0v) is 9.41. The quantitative estimate of drug-likeness (QED) is 0.709. The summed E-state index contributed by atoms with van der Waals surface area (Å²) in [7, 11) is 0. The maximum absolute atomic E-state index is 12.1. The molecule has 16 heavy (non-hydrogen) atoms. The highest BCUT2D eigenvalue weighted by Crippen LogP contribution is 2.31. The Balaban J connectivity index is 2.35. The molecule has 0 bridgehead atoms. The van der Waals surface area contributed by atoms with Crippen LogP contribution in [-0.4, -0.2) is 19.0 Å². The summed E-state index contributed by atoms with van der Waals surface area (Å²) in [5.74, 6) is -0.121. The number of benzene rings is 1. The van der Waals surface area contributed by atoms with E-state index in [0.717, 1.165) is 11.1 Å². The summed E-state index contributed by atoms with van der Waals surface area (Å²) in [6.45, 7) is 4.39. The van der Waals surface area contributed by atoms with Crippen molar-refractivity contribution in [2.75, 3.05) is 13.2 Å². The number of Topliss-reactive ketones (excluding diaryl/α,β-unsaturated/α-hetero) is 1. The summed E-state index contributed by atoms with van der Waals surface area (Å²) in [6.07, 6.45) is 0. The fraction of sp³-hybridized carbons (Fsp3) is 0.385. The topological polar surface area (TPSA) is 50.1 Å². The second-order valence-electron chi connectivity index (χ2n) is 4.31. The van der Waals surface area contributed by atoms with Crippen LogP contribution in [0.1, 0.15) is 21.5 Å². The predicted octanol–water partition coefficient (Wildman–Crippen LogP) is 2.03. The average Bonchev–Trinajstić information content (AvgIpc) is 2.21. The molecule has 0 spiro atoms. The number of nitriles is 1. The van der Waals surface area contributed by atoms with Crippen LogP contribution in [0.5, 0.6) is 0 Å². The van der Waals surface area contributed by atoms with Gasteiger partial charge in [-0.05, 0) is 31.0 Å². The van der Waals surface area contributed by atoms with Gasteiger partial charge in [0.2, 0.25) is 0 Å². The van der Waals surface area contributed by atoms with E-state index >= 15 is 0 Å². The fourth-order valence-corrected chi connectivity index (χ4v) is 1.71. The van der Waals surface area contributed by atoms with Gasteiger partial charge >= 0.3 is 0 Å². The highest BCUT2D eigenvalue weighted by atomic mass is 16.5. The Hall–Kier alpha value is -1.66. The largest absolute Gasteiger partial charge is 0.377 e. The zero-order chi connectivity index (χ0) is 11.8. The Bertz CT molecular complexity index is 481. The fourth-order valence-electron chi connectivity index (χ4n) is 1.71. The van der Waals surface area contributed by atoms with E-state index in [4.69, 9.17) is 10.00 Å². The molecule has 82 valence electrons. The molecule has 1 aliphatic rings. The molecule has 0 saturated carbocycles. The van der Waals surface area contributed by atoms with E-state index in [0.29, 0.717) is 5.56 Å². The average molecular weight is 215 g/mol. The number of carbonyl (C=O) groups excluding carboxylic acids is 1. The van der Waals surface area contributed by atoms with Gasteiger partial charge in [-0.1, -0.05) is 12.1 Å². The zero-order valence-electron chi connectivity index (χ0n) is 9.41. The minimum Gasteiger partial charge on any atom is -0.377 e. The summed E-state index contributed by atoms with van der Waals surface area (Å²) in [4.78, 5) is 12.1.